The lowest BCUT2D eigenvalue weighted by Crippen LogP contribution is -2.58. The van der Waals surface area contributed by atoms with Crippen LogP contribution < -0.4 is 0 Å². The molecule has 49 heavy (non-hydrogen) atoms. The van der Waals surface area contributed by atoms with E-state index in [4.69, 9.17) is 16.7 Å². The Kier molecular flexibility index (Phi) is 8.61. The summed E-state index contributed by atoms with van der Waals surface area (Å²) in [5.41, 5.74) is 1.23. The third-order valence-corrected chi connectivity index (χ3v) is 11.3. The number of rotatable bonds is 9. The smallest absolute Gasteiger partial charge is 0.303 e. The summed E-state index contributed by atoms with van der Waals surface area (Å²) in [5, 5.41) is 20.8. The molecule has 2 N–H and O–H groups in total. The van der Waals surface area contributed by atoms with Gasteiger partial charge >= 0.3 is 5.97 Å². The van der Waals surface area contributed by atoms with E-state index in [1.54, 1.807) is 24.3 Å². The summed E-state index contributed by atoms with van der Waals surface area (Å²) >= 11 is 6.55. The van der Waals surface area contributed by atoms with E-state index in [1.165, 1.54) is 17.0 Å². The minimum absolute atomic E-state index is 0.0248. The number of carboxylic acids is 1. The van der Waals surface area contributed by atoms with Gasteiger partial charge in [-0.15, -0.1) is 0 Å². The molecule has 9 heteroatoms. The second-order valence-corrected chi connectivity index (χ2v) is 14.0. The number of unbranched alkanes of at least 4 members (excludes halogenated alkanes) is 2. The zero-order chi connectivity index (χ0) is 34.4. The highest BCUT2D eigenvalue weighted by atomic mass is 35.5. The van der Waals surface area contributed by atoms with Gasteiger partial charge in [-0.05, 0) is 67.0 Å². The normalized spacial score (nSPS) is 27.6. The van der Waals surface area contributed by atoms with Crippen molar-refractivity contribution >= 4 is 46.5 Å². The van der Waals surface area contributed by atoms with Crippen molar-refractivity contribution in [3.63, 3.8) is 0 Å². The Balaban J connectivity index is 1.38. The van der Waals surface area contributed by atoms with Crippen LogP contribution in [0.3, 0.4) is 0 Å². The molecule has 3 aliphatic carbocycles. The Labute approximate surface area is 289 Å². The van der Waals surface area contributed by atoms with Gasteiger partial charge in [-0.3, -0.25) is 28.9 Å². The molecule has 1 heterocycles. The maximum absolute atomic E-state index is 15.0. The van der Waals surface area contributed by atoms with E-state index in [1.807, 2.05) is 54.6 Å². The molecule has 0 aromatic heterocycles. The number of halogens is 1. The number of fused-ring (bicyclic) bond motifs is 4. The first-order chi connectivity index (χ1) is 23.6. The predicted octanol–water partition coefficient (Wildman–Crippen LogP) is 6.52. The molecule has 7 rings (SSSR count). The van der Waals surface area contributed by atoms with Crippen molar-refractivity contribution in [2.75, 3.05) is 6.54 Å². The maximum Gasteiger partial charge on any atom is 0.303 e. The first kappa shape index (κ1) is 32.7. The van der Waals surface area contributed by atoms with Gasteiger partial charge in [0.1, 0.15) is 5.75 Å². The van der Waals surface area contributed by atoms with Crippen molar-refractivity contribution in [3.05, 3.63) is 118 Å². The van der Waals surface area contributed by atoms with Crippen molar-refractivity contribution in [3.8, 4) is 5.75 Å². The average molecular weight is 678 g/mol. The number of carboxylic acid groups (broad SMARTS) is 1. The number of aliphatic carboxylic acids is 1. The van der Waals surface area contributed by atoms with Gasteiger partial charge in [0.25, 0.3) is 0 Å². The Morgan fingerprint density at radius 2 is 1.59 bits per heavy atom. The number of nitrogens with zero attached hydrogens (tertiary/aromatic N) is 1. The summed E-state index contributed by atoms with van der Waals surface area (Å²) in [5.74, 6) is -5.71. The number of carbonyl (C=O) groups excluding carboxylic acids is 4. The molecule has 0 bridgehead atoms. The van der Waals surface area contributed by atoms with Crippen molar-refractivity contribution in [1.29, 1.82) is 0 Å². The molecule has 2 fully saturated rings. The van der Waals surface area contributed by atoms with E-state index in [-0.39, 0.29) is 54.9 Å². The van der Waals surface area contributed by atoms with Crippen LogP contribution in [0.15, 0.2) is 96.6 Å². The van der Waals surface area contributed by atoms with Crippen LogP contribution in [0.1, 0.15) is 61.1 Å². The van der Waals surface area contributed by atoms with Crippen molar-refractivity contribution in [2.45, 2.75) is 49.9 Å². The van der Waals surface area contributed by atoms with Crippen LogP contribution in [0.4, 0.5) is 0 Å². The number of Topliss-reactive ketones (excluding diaryl/α,β-unsaturated/α-hetero) is 1. The lowest BCUT2D eigenvalue weighted by atomic mass is 9.44. The van der Waals surface area contributed by atoms with E-state index >= 15 is 4.79 Å². The van der Waals surface area contributed by atoms with Crippen LogP contribution in [0.25, 0.3) is 5.57 Å². The molecule has 1 saturated heterocycles. The number of likely N-dealkylation sites (tertiary alicyclic amines) is 1. The van der Waals surface area contributed by atoms with Gasteiger partial charge in [-0.25, -0.2) is 0 Å². The predicted molar refractivity (Wildman–Crippen MR) is 183 cm³/mol. The van der Waals surface area contributed by atoms with E-state index in [0.717, 1.165) is 5.57 Å². The van der Waals surface area contributed by atoms with Gasteiger partial charge in [0, 0.05) is 41.0 Å². The molecule has 8 nitrogen and oxygen atoms in total. The Bertz CT molecular complexity index is 1920. The zero-order valence-electron chi connectivity index (χ0n) is 26.8. The second-order valence-electron chi connectivity index (χ2n) is 13.5. The van der Waals surface area contributed by atoms with Crippen molar-refractivity contribution in [2.24, 2.45) is 23.7 Å². The number of ketones is 2. The van der Waals surface area contributed by atoms with Gasteiger partial charge in [0.05, 0.1) is 17.3 Å². The van der Waals surface area contributed by atoms with Crippen LogP contribution in [0.2, 0.25) is 5.02 Å². The summed E-state index contributed by atoms with van der Waals surface area (Å²) in [6.07, 6.45) is 5.37. The molecule has 1 saturated carbocycles. The monoisotopic (exact) mass is 677 g/mol. The molecule has 2 amide bonds. The number of benzene rings is 3. The molecule has 1 aliphatic heterocycles. The van der Waals surface area contributed by atoms with Gasteiger partial charge in [0.2, 0.25) is 11.8 Å². The van der Waals surface area contributed by atoms with Crippen LogP contribution in [0, 0.1) is 23.7 Å². The molecule has 6 atom stereocenters. The van der Waals surface area contributed by atoms with E-state index in [2.05, 4.69) is 0 Å². The largest absolute Gasteiger partial charge is 0.508 e. The fourth-order valence-electron chi connectivity index (χ4n) is 8.98. The van der Waals surface area contributed by atoms with Gasteiger partial charge in [-0.2, -0.15) is 0 Å². The molecule has 3 aromatic rings. The number of aromatic hydroxyl groups is 1. The first-order valence-electron chi connectivity index (χ1n) is 16.8. The molecular weight excluding hydrogens is 642 g/mol. The van der Waals surface area contributed by atoms with Crippen LogP contribution in [0.5, 0.6) is 5.75 Å². The Morgan fingerprint density at radius 1 is 0.878 bits per heavy atom. The number of allylic oxidation sites excluding steroid dienone is 4. The van der Waals surface area contributed by atoms with Crippen LogP contribution in [-0.2, 0) is 29.4 Å². The highest BCUT2D eigenvalue weighted by Crippen LogP contribution is 2.64. The number of imide groups is 1. The standard InChI is InChI=1S/C40H36ClNO7/c41-25-15-18-32(43)30(20-25)36-26-16-17-27-35(39(49)42(38(27)48)19-9-3-8-14-34(45)46)29(26)21-31-37(47)28(23-10-4-1-5-11-23)22-33(44)40(31,36)24-12-6-2-7-13-24/h1-2,4-7,10-13,15-16,18,20,22,27,29,31,35-36,43H,3,8-9,14,17,19,21H2,(H,45,46). The summed E-state index contributed by atoms with van der Waals surface area (Å²) in [6.45, 7) is 0.195. The summed E-state index contributed by atoms with van der Waals surface area (Å²) in [7, 11) is 0. The third kappa shape index (κ3) is 5.33. The topological polar surface area (TPSA) is 129 Å². The minimum atomic E-state index is -1.45. The second kappa shape index (κ2) is 12.9. The number of hydrogen-bond donors (Lipinski definition) is 2. The summed E-state index contributed by atoms with van der Waals surface area (Å²) in [4.78, 5) is 70.2. The Morgan fingerprint density at radius 3 is 2.31 bits per heavy atom. The van der Waals surface area contributed by atoms with Gasteiger partial charge < -0.3 is 10.2 Å². The van der Waals surface area contributed by atoms with Gasteiger partial charge in [0.15, 0.2) is 11.6 Å². The van der Waals surface area contributed by atoms with E-state index < -0.39 is 41.0 Å². The Hall–Kier alpha value is -4.82. The van der Waals surface area contributed by atoms with E-state index in [0.29, 0.717) is 46.5 Å². The first-order valence-corrected chi connectivity index (χ1v) is 17.2. The molecule has 0 spiro atoms. The maximum atomic E-state index is 15.0. The van der Waals surface area contributed by atoms with Crippen molar-refractivity contribution in [1.82, 2.24) is 4.90 Å². The zero-order valence-corrected chi connectivity index (χ0v) is 27.5. The number of carbonyl (C=O) groups is 5. The lowest BCUT2D eigenvalue weighted by Gasteiger charge is -2.55. The van der Waals surface area contributed by atoms with Crippen molar-refractivity contribution < 1.29 is 34.2 Å². The average Bonchev–Trinajstić information content (AvgIpc) is 3.35. The van der Waals surface area contributed by atoms with Crippen LogP contribution in [-0.4, -0.2) is 51.0 Å². The molecule has 3 aromatic carbocycles. The number of phenolic OH excluding ortho intramolecular Hbond substituents is 1. The quantitative estimate of drug-likeness (QED) is 0.150. The SMILES string of the molecule is O=C(O)CCCCCN1C(=O)C2CC=C3C(CC4C(=O)C(c5ccccc5)=CC(=O)C4(c4ccccc4)C3c3cc(Cl)ccc3O)C2C1=O. The highest BCUT2D eigenvalue weighted by Gasteiger charge is 2.66. The molecular formula is C40H36ClNO7. The summed E-state index contributed by atoms with van der Waals surface area (Å²) in [6, 6.07) is 22.9. The molecule has 0 radical (unpaired) electrons. The number of amides is 2. The highest BCUT2D eigenvalue weighted by molar-refractivity contribution is 6.32. The molecule has 6 unspecified atom stereocenters. The fraction of sp³-hybridized carbons (Fsp3) is 0.325. The number of phenols is 1. The summed E-state index contributed by atoms with van der Waals surface area (Å²) < 4.78 is 0. The minimum Gasteiger partial charge on any atom is -0.508 e. The van der Waals surface area contributed by atoms with Gasteiger partial charge in [-0.1, -0.05) is 90.3 Å². The number of hydrogen-bond acceptors (Lipinski definition) is 6. The fourth-order valence-corrected chi connectivity index (χ4v) is 9.16. The van der Waals surface area contributed by atoms with Crippen LogP contribution >= 0.6 is 11.6 Å². The van der Waals surface area contributed by atoms with E-state index in [9.17, 15) is 24.3 Å². The molecule has 250 valence electrons. The molecule has 4 aliphatic rings. The third-order valence-electron chi connectivity index (χ3n) is 11.0. The lowest BCUT2D eigenvalue weighted by molar-refractivity contribution is -0.141.